The van der Waals surface area contributed by atoms with Gasteiger partial charge in [-0.15, -0.1) is 0 Å². The van der Waals surface area contributed by atoms with Gasteiger partial charge in [0.2, 0.25) is 0 Å². The van der Waals surface area contributed by atoms with Crippen LogP contribution >= 0.6 is 15.9 Å². The fourth-order valence-electron chi connectivity index (χ4n) is 2.39. The first-order valence-corrected chi connectivity index (χ1v) is 7.75. The van der Waals surface area contributed by atoms with E-state index in [0.717, 1.165) is 21.3 Å². The van der Waals surface area contributed by atoms with Crippen molar-refractivity contribution in [1.29, 1.82) is 0 Å². The number of hydrogen-bond acceptors (Lipinski definition) is 3. The average molecular weight is 349 g/mol. The number of rotatable bonds is 3. The number of aryl methyl sites for hydroxylation is 1. The molecule has 2 aromatic rings. The quantitative estimate of drug-likeness (QED) is 0.916. The summed E-state index contributed by atoms with van der Waals surface area (Å²) in [5.74, 6) is 1.42. The molecule has 0 spiro atoms. The lowest BCUT2D eigenvalue weighted by Crippen LogP contribution is -2.16. The van der Waals surface area contributed by atoms with Gasteiger partial charge >= 0.3 is 0 Å². The second kappa shape index (κ2) is 6.08. The highest BCUT2D eigenvalue weighted by molar-refractivity contribution is 9.10. The van der Waals surface area contributed by atoms with E-state index in [4.69, 9.17) is 9.47 Å². The molecule has 3 rings (SSSR count). The normalized spacial score (nSPS) is 14.8. The van der Waals surface area contributed by atoms with E-state index in [1.165, 1.54) is 5.56 Å². The third kappa shape index (κ3) is 3.22. The number of hydrogen-bond donors (Lipinski definition) is 1. The van der Waals surface area contributed by atoms with Crippen LogP contribution in [0.5, 0.6) is 11.5 Å². The number of aliphatic hydroxyl groups excluding tert-OH is 1. The number of benzene rings is 2. The Hall–Kier alpha value is -1.52. The van der Waals surface area contributed by atoms with Crippen LogP contribution in [0.2, 0.25) is 0 Å². The van der Waals surface area contributed by atoms with Crippen molar-refractivity contribution in [2.45, 2.75) is 19.4 Å². The van der Waals surface area contributed by atoms with Gasteiger partial charge in [0.1, 0.15) is 13.2 Å². The standard InChI is InChI=1S/C17H17BrO3/c1-11-2-4-12(5-3-11)8-15(19)13-9-16-17(10-14(13)18)21-7-6-20-16/h2-5,9-10,15,19H,6-8H2,1H3. The monoisotopic (exact) mass is 348 g/mol. The van der Waals surface area contributed by atoms with Gasteiger partial charge in [0.25, 0.3) is 0 Å². The van der Waals surface area contributed by atoms with Crippen molar-refractivity contribution in [3.8, 4) is 11.5 Å². The van der Waals surface area contributed by atoms with E-state index in [2.05, 4.69) is 35.0 Å². The summed E-state index contributed by atoms with van der Waals surface area (Å²) in [5, 5.41) is 10.5. The first-order chi connectivity index (χ1) is 10.1. The molecule has 1 atom stereocenters. The maximum Gasteiger partial charge on any atom is 0.162 e. The van der Waals surface area contributed by atoms with Crippen LogP contribution in [0.25, 0.3) is 0 Å². The van der Waals surface area contributed by atoms with Crippen LogP contribution in [0.1, 0.15) is 22.8 Å². The molecule has 0 saturated heterocycles. The van der Waals surface area contributed by atoms with E-state index >= 15 is 0 Å². The fourth-order valence-corrected chi connectivity index (χ4v) is 2.98. The van der Waals surface area contributed by atoms with Gasteiger partial charge in [-0.1, -0.05) is 45.8 Å². The predicted octanol–water partition coefficient (Wildman–Crippen LogP) is 3.80. The molecule has 3 nitrogen and oxygen atoms in total. The van der Waals surface area contributed by atoms with Crippen LogP contribution < -0.4 is 9.47 Å². The number of ether oxygens (including phenoxy) is 2. The molecule has 1 aliphatic rings. The zero-order valence-corrected chi connectivity index (χ0v) is 13.4. The lowest BCUT2D eigenvalue weighted by molar-refractivity contribution is 0.164. The Morgan fingerprint density at radius 1 is 1.10 bits per heavy atom. The summed E-state index contributed by atoms with van der Waals surface area (Å²) in [5.41, 5.74) is 3.14. The molecule has 0 bridgehead atoms. The van der Waals surface area contributed by atoms with Gasteiger partial charge in [-0.2, -0.15) is 0 Å². The van der Waals surface area contributed by atoms with Gasteiger partial charge in [-0.3, -0.25) is 0 Å². The summed E-state index contributed by atoms with van der Waals surface area (Å²) < 4.78 is 12.0. The van der Waals surface area contributed by atoms with Gasteiger partial charge < -0.3 is 14.6 Å². The summed E-state index contributed by atoms with van der Waals surface area (Å²) in [4.78, 5) is 0. The van der Waals surface area contributed by atoms with Crippen molar-refractivity contribution in [3.63, 3.8) is 0 Å². The summed E-state index contributed by atoms with van der Waals surface area (Å²) in [6.07, 6.45) is -0.0173. The van der Waals surface area contributed by atoms with Crippen molar-refractivity contribution in [2.75, 3.05) is 13.2 Å². The highest BCUT2D eigenvalue weighted by atomic mass is 79.9. The van der Waals surface area contributed by atoms with Crippen molar-refractivity contribution in [1.82, 2.24) is 0 Å². The van der Waals surface area contributed by atoms with Crippen LogP contribution in [-0.4, -0.2) is 18.3 Å². The molecule has 2 aromatic carbocycles. The van der Waals surface area contributed by atoms with E-state index in [9.17, 15) is 5.11 Å². The minimum Gasteiger partial charge on any atom is -0.486 e. The SMILES string of the molecule is Cc1ccc(CC(O)c2cc3c(cc2Br)OCCO3)cc1. The number of halogens is 1. The maximum absolute atomic E-state index is 10.5. The lowest BCUT2D eigenvalue weighted by atomic mass is 10.00. The summed E-state index contributed by atoms with van der Waals surface area (Å²) in [6, 6.07) is 11.9. The summed E-state index contributed by atoms with van der Waals surface area (Å²) >= 11 is 3.51. The predicted molar refractivity (Wildman–Crippen MR) is 85.0 cm³/mol. The van der Waals surface area contributed by atoms with Gasteiger partial charge in [-0.25, -0.2) is 0 Å². The van der Waals surface area contributed by atoms with Gasteiger partial charge in [-0.05, 0) is 30.2 Å². The highest BCUT2D eigenvalue weighted by Crippen LogP contribution is 2.38. The molecule has 1 aliphatic heterocycles. The van der Waals surface area contributed by atoms with E-state index < -0.39 is 6.10 Å². The third-order valence-electron chi connectivity index (χ3n) is 3.57. The molecule has 0 radical (unpaired) electrons. The van der Waals surface area contributed by atoms with Crippen LogP contribution in [0.4, 0.5) is 0 Å². The Bertz CT molecular complexity index is 637. The van der Waals surface area contributed by atoms with Gasteiger partial charge in [0, 0.05) is 10.9 Å². The van der Waals surface area contributed by atoms with E-state index in [1.54, 1.807) is 0 Å². The smallest absolute Gasteiger partial charge is 0.162 e. The van der Waals surface area contributed by atoms with E-state index in [1.807, 2.05) is 24.3 Å². The molecular formula is C17H17BrO3. The second-order valence-electron chi connectivity index (χ2n) is 5.22. The topological polar surface area (TPSA) is 38.7 Å². The lowest BCUT2D eigenvalue weighted by Gasteiger charge is -2.21. The van der Waals surface area contributed by atoms with Crippen molar-refractivity contribution in [2.24, 2.45) is 0 Å². The molecule has 1 N–H and O–H groups in total. The second-order valence-corrected chi connectivity index (χ2v) is 6.08. The molecule has 110 valence electrons. The molecule has 1 unspecified atom stereocenters. The Morgan fingerprint density at radius 3 is 2.38 bits per heavy atom. The Labute approximate surface area is 132 Å². The first kappa shape index (κ1) is 14.4. The molecule has 4 heteroatoms. The Balaban J connectivity index is 1.83. The zero-order valence-electron chi connectivity index (χ0n) is 11.8. The van der Waals surface area contributed by atoms with Crippen LogP contribution in [0.3, 0.4) is 0 Å². The van der Waals surface area contributed by atoms with Crippen LogP contribution in [0, 0.1) is 6.92 Å². The van der Waals surface area contributed by atoms with E-state index in [-0.39, 0.29) is 0 Å². The van der Waals surface area contributed by atoms with Crippen molar-refractivity contribution >= 4 is 15.9 Å². The average Bonchev–Trinajstić information content (AvgIpc) is 2.49. The largest absolute Gasteiger partial charge is 0.486 e. The molecule has 21 heavy (non-hydrogen) atoms. The Morgan fingerprint density at radius 2 is 1.71 bits per heavy atom. The highest BCUT2D eigenvalue weighted by Gasteiger charge is 2.19. The molecule has 0 amide bonds. The summed E-state index contributed by atoms with van der Waals surface area (Å²) in [7, 11) is 0. The van der Waals surface area contributed by atoms with Crippen molar-refractivity contribution < 1.29 is 14.6 Å². The molecule has 0 fully saturated rings. The minimum absolute atomic E-state index is 0.544. The third-order valence-corrected chi connectivity index (χ3v) is 4.26. The van der Waals surface area contributed by atoms with Gasteiger partial charge in [0.05, 0.1) is 6.10 Å². The van der Waals surface area contributed by atoms with Gasteiger partial charge in [0.15, 0.2) is 11.5 Å². The minimum atomic E-state index is -0.585. The van der Waals surface area contributed by atoms with Crippen molar-refractivity contribution in [3.05, 3.63) is 57.6 Å². The zero-order chi connectivity index (χ0) is 14.8. The van der Waals surface area contributed by atoms with E-state index in [0.29, 0.717) is 25.4 Å². The molecular weight excluding hydrogens is 332 g/mol. The first-order valence-electron chi connectivity index (χ1n) is 6.96. The van der Waals surface area contributed by atoms with Crippen LogP contribution in [0.15, 0.2) is 40.9 Å². The summed E-state index contributed by atoms with van der Waals surface area (Å²) in [6.45, 7) is 3.16. The molecule has 0 aliphatic carbocycles. The molecule has 0 aromatic heterocycles. The molecule has 0 saturated carbocycles. The number of fused-ring (bicyclic) bond motifs is 1. The maximum atomic E-state index is 10.5. The Kier molecular flexibility index (Phi) is 4.17. The fraction of sp³-hybridized carbons (Fsp3) is 0.294. The van der Waals surface area contributed by atoms with Crippen LogP contribution in [-0.2, 0) is 6.42 Å². The molecule has 1 heterocycles. The number of aliphatic hydroxyl groups is 1.